The molecule has 1 N–H and O–H groups in total. The van der Waals surface area contributed by atoms with Crippen molar-refractivity contribution >= 4 is 32.7 Å². The number of aromatic nitrogens is 2. The van der Waals surface area contributed by atoms with Gasteiger partial charge in [0.15, 0.2) is 5.65 Å². The summed E-state index contributed by atoms with van der Waals surface area (Å²) in [7, 11) is -3.52. The molecule has 0 saturated carbocycles. The SMILES string of the molecule is O=S(=O)(Nc1cccn2ccnc12)c1cccs1. The Kier molecular flexibility index (Phi) is 2.57. The summed E-state index contributed by atoms with van der Waals surface area (Å²) in [5.41, 5.74) is 1.05. The van der Waals surface area contributed by atoms with E-state index in [0.717, 1.165) is 0 Å². The van der Waals surface area contributed by atoms with Crippen molar-refractivity contribution in [1.29, 1.82) is 0 Å². The highest BCUT2D eigenvalue weighted by Gasteiger charge is 2.16. The third-order valence-corrected chi connectivity index (χ3v) is 5.19. The highest BCUT2D eigenvalue weighted by atomic mass is 32.2. The second kappa shape index (κ2) is 4.11. The predicted octanol–water partition coefficient (Wildman–Crippen LogP) is 2.20. The van der Waals surface area contributed by atoms with E-state index in [0.29, 0.717) is 11.3 Å². The standard InChI is InChI=1S/C11H9N3O2S2/c15-18(16,10-4-2-8-17-10)13-9-3-1-6-14-7-5-12-11(9)14/h1-8,13H. The summed E-state index contributed by atoms with van der Waals surface area (Å²) in [6.07, 6.45) is 5.20. The Morgan fingerprint density at radius 3 is 2.89 bits per heavy atom. The first-order chi connectivity index (χ1) is 8.67. The summed E-state index contributed by atoms with van der Waals surface area (Å²) >= 11 is 1.18. The van der Waals surface area contributed by atoms with E-state index in [1.54, 1.807) is 46.4 Å². The van der Waals surface area contributed by atoms with Gasteiger partial charge in [0.1, 0.15) is 4.21 Å². The lowest BCUT2D eigenvalue weighted by atomic mass is 10.4. The molecule has 3 aromatic heterocycles. The molecule has 0 saturated heterocycles. The Bertz CT molecular complexity index is 776. The van der Waals surface area contributed by atoms with Crippen LogP contribution in [-0.2, 0) is 10.0 Å². The number of sulfonamides is 1. The zero-order valence-corrected chi connectivity index (χ0v) is 10.8. The van der Waals surface area contributed by atoms with Gasteiger partial charge < -0.3 is 4.40 Å². The number of hydrogen-bond acceptors (Lipinski definition) is 4. The van der Waals surface area contributed by atoms with E-state index >= 15 is 0 Å². The molecule has 92 valence electrons. The second-order valence-corrected chi connectivity index (χ2v) is 6.47. The minimum Gasteiger partial charge on any atom is -0.305 e. The van der Waals surface area contributed by atoms with Crippen molar-refractivity contribution < 1.29 is 8.42 Å². The number of nitrogens with zero attached hydrogens (tertiary/aromatic N) is 2. The Hall–Kier alpha value is -1.86. The Balaban J connectivity index is 2.05. The van der Waals surface area contributed by atoms with Crippen molar-refractivity contribution in [3.05, 3.63) is 48.2 Å². The molecule has 5 nitrogen and oxygen atoms in total. The van der Waals surface area contributed by atoms with Crippen LogP contribution in [0.5, 0.6) is 0 Å². The fourth-order valence-electron chi connectivity index (χ4n) is 1.64. The predicted molar refractivity (Wildman–Crippen MR) is 70.3 cm³/mol. The molecule has 0 aliphatic heterocycles. The molecule has 18 heavy (non-hydrogen) atoms. The molecule has 7 heteroatoms. The van der Waals surface area contributed by atoms with Gasteiger partial charge in [0.2, 0.25) is 0 Å². The number of thiophene rings is 1. The summed E-state index contributed by atoms with van der Waals surface area (Å²) in [6.45, 7) is 0. The van der Waals surface area contributed by atoms with Crippen LogP contribution in [0.1, 0.15) is 0 Å². The van der Waals surface area contributed by atoms with Gasteiger partial charge >= 0.3 is 0 Å². The monoisotopic (exact) mass is 279 g/mol. The molecule has 0 aliphatic carbocycles. The summed E-state index contributed by atoms with van der Waals surface area (Å²) in [5.74, 6) is 0. The Morgan fingerprint density at radius 1 is 1.22 bits per heavy atom. The van der Waals surface area contributed by atoms with E-state index in [1.807, 2.05) is 6.20 Å². The third kappa shape index (κ3) is 1.87. The molecule has 0 aliphatic rings. The van der Waals surface area contributed by atoms with E-state index in [4.69, 9.17) is 0 Å². The quantitative estimate of drug-likeness (QED) is 0.799. The van der Waals surface area contributed by atoms with Crippen LogP contribution < -0.4 is 4.72 Å². The summed E-state index contributed by atoms with van der Waals surface area (Å²) < 4.78 is 28.8. The van der Waals surface area contributed by atoms with Crippen LogP contribution in [0, 0.1) is 0 Å². The number of rotatable bonds is 3. The largest absolute Gasteiger partial charge is 0.305 e. The van der Waals surface area contributed by atoms with Gasteiger partial charge in [-0.1, -0.05) is 6.07 Å². The van der Waals surface area contributed by atoms with Gasteiger partial charge in [-0.25, -0.2) is 13.4 Å². The maximum Gasteiger partial charge on any atom is 0.271 e. The van der Waals surface area contributed by atoms with Gasteiger partial charge in [-0.3, -0.25) is 4.72 Å². The topological polar surface area (TPSA) is 63.5 Å². The van der Waals surface area contributed by atoms with E-state index < -0.39 is 10.0 Å². The minimum absolute atomic E-state index is 0.288. The minimum atomic E-state index is -3.52. The summed E-state index contributed by atoms with van der Waals surface area (Å²) in [5, 5.41) is 1.73. The number of imidazole rings is 1. The lowest BCUT2D eigenvalue weighted by Crippen LogP contribution is -2.12. The van der Waals surface area contributed by atoms with Crippen molar-refractivity contribution in [1.82, 2.24) is 9.38 Å². The highest BCUT2D eigenvalue weighted by Crippen LogP contribution is 2.22. The zero-order chi connectivity index (χ0) is 12.6. The average molecular weight is 279 g/mol. The molecule has 0 radical (unpaired) electrons. The van der Waals surface area contributed by atoms with Crippen LogP contribution >= 0.6 is 11.3 Å². The van der Waals surface area contributed by atoms with E-state index in [2.05, 4.69) is 9.71 Å². The van der Waals surface area contributed by atoms with E-state index in [1.165, 1.54) is 11.3 Å². The fourth-order valence-corrected chi connectivity index (χ4v) is 3.69. The van der Waals surface area contributed by atoms with E-state index in [9.17, 15) is 8.42 Å². The highest BCUT2D eigenvalue weighted by molar-refractivity contribution is 7.94. The number of fused-ring (bicyclic) bond motifs is 1. The first kappa shape index (κ1) is 11.2. The molecule has 0 aromatic carbocycles. The van der Waals surface area contributed by atoms with Crippen LogP contribution in [0.2, 0.25) is 0 Å². The van der Waals surface area contributed by atoms with Crippen molar-refractivity contribution in [2.75, 3.05) is 4.72 Å². The van der Waals surface area contributed by atoms with Gasteiger partial charge in [0.25, 0.3) is 10.0 Å². The number of nitrogens with one attached hydrogen (secondary N) is 1. The van der Waals surface area contributed by atoms with Gasteiger partial charge in [-0.05, 0) is 23.6 Å². The van der Waals surface area contributed by atoms with Crippen LogP contribution in [0.25, 0.3) is 5.65 Å². The van der Waals surface area contributed by atoms with Crippen LogP contribution in [-0.4, -0.2) is 17.8 Å². The number of pyridine rings is 1. The molecule has 0 spiro atoms. The normalized spacial score (nSPS) is 11.8. The number of anilines is 1. The maximum atomic E-state index is 12.1. The lowest BCUT2D eigenvalue weighted by molar-refractivity contribution is 0.603. The second-order valence-electron chi connectivity index (χ2n) is 3.62. The molecule has 3 heterocycles. The molecule has 0 amide bonds. The molecule has 0 bridgehead atoms. The van der Waals surface area contributed by atoms with E-state index in [-0.39, 0.29) is 4.21 Å². The average Bonchev–Trinajstić information content (AvgIpc) is 3.00. The molecule has 0 fully saturated rings. The molecular weight excluding hydrogens is 270 g/mol. The molecule has 0 unspecified atom stereocenters. The third-order valence-electron chi connectivity index (χ3n) is 2.42. The molecule has 3 rings (SSSR count). The number of hydrogen-bond donors (Lipinski definition) is 1. The lowest BCUT2D eigenvalue weighted by Gasteiger charge is -2.07. The van der Waals surface area contributed by atoms with Crippen molar-refractivity contribution in [3.8, 4) is 0 Å². The smallest absolute Gasteiger partial charge is 0.271 e. The Labute approximate surface area is 108 Å². The van der Waals surface area contributed by atoms with Gasteiger partial charge in [-0.15, -0.1) is 11.3 Å². The molecular formula is C11H9N3O2S2. The van der Waals surface area contributed by atoms with Gasteiger partial charge in [0, 0.05) is 18.6 Å². The maximum absolute atomic E-state index is 12.1. The van der Waals surface area contributed by atoms with Crippen LogP contribution in [0.3, 0.4) is 0 Å². The van der Waals surface area contributed by atoms with Gasteiger partial charge in [-0.2, -0.15) is 0 Å². The fraction of sp³-hybridized carbons (Fsp3) is 0. The molecule has 0 atom stereocenters. The molecule has 3 aromatic rings. The Morgan fingerprint density at radius 2 is 2.11 bits per heavy atom. The van der Waals surface area contributed by atoms with Gasteiger partial charge in [0.05, 0.1) is 5.69 Å². The van der Waals surface area contributed by atoms with Crippen LogP contribution in [0.4, 0.5) is 5.69 Å². The summed E-state index contributed by atoms with van der Waals surface area (Å²) in [4.78, 5) is 4.12. The van der Waals surface area contributed by atoms with Crippen molar-refractivity contribution in [3.63, 3.8) is 0 Å². The van der Waals surface area contributed by atoms with Crippen molar-refractivity contribution in [2.45, 2.75) is 4.21 Å². The van der Waals surface area contributed by atoms with Crippen molar-refractivity contribution in [2.24, 2.45) is 0 Å². The first-order valence-corrected chi connectivity index (χ1v) is 7.51. The zero-order valence-electron chi connectivity index (χ0n) is 9.15. The first-order valence-electron chi connectivity index (χ1n) is 5.15. The van der Waals surface area contributed by atoms with Crippen LogP contribution in [0.15, 0.2) is 52.4 Å². The summed E-state index contributed by atoms with van der Waals surface area (Å²) in [6, 6.07) is 6.72.